The number of carbonyl (C=O) groups is 2. The van der Waals surface area contributed by atoms with Crippen LogP contribution in [0, 0.1) is 15.9 Å². The van der Waals surface area contributed by atoms with Gasteiger partial charge in [-0.2, -0.15) is 0 Å². The van der Waals surface area contributed by atoms with E-state index < -0.39 is 29.2 Å². The third-order valence-electron chi connectivity index (χ3n) is 3.36. The smallest absolute Gasteiger partial charge is 0.344 e. The van der Waals surface area contributed by atoms with Gasteiger partial charge in [-0.05, 0) is 36.6 Å². The lowest BCUT2D eigenvalue weighted by molar-refractivity contribution is -0.384. The predicted octanol–water partition coefficient (Wildman–Crippen LogP) is 3.25. The van der Waals surface area contributed by atoms with Crippen molar-refractivity contribution in [3.8, 4) is 5.75 Å². The largest absolute Gasteiger partial charge is 0.481 e. The number of hydrogen-bond donors (Lipinski definition) is 1. The molecule has 0 unspecified atom stereocenters. The van der Waals surface area contributed by atoms with E-state index in [0.717, 1.165) is 24.1 Å². The van der Waals surface area contributed by atoms with E-state index in [2.05, 4.69) is 4.72 Å². The van der Waals surface area contributed by atoms with Gasteiger partial charge in [-0.1, -0.05) is 12.1 Å². The fraction of sp³-hybridized carbons (Fsp3) is 0.222. The van der Waals surface area contributed by atoms with Crippen LogP contribution in [0.15, 0.2) is 42.5 Å². The second-order valence-electron chi connectivity index (χ2n) is 5.38. The van der Waals surface area contributed by atoms with Crippen LogP contribution in [-0.4, -0.2) is 30.0 Å². The summed E-state index contributed by atoms with van der Waals surface area (Å²) in [5.41, 5.74) is 0.646. The minimum absolute atomic E-state index is 0.0391. The van der Waals surface area contributed by atoms with E-state index in [9.17, 15) is 24.1 Å². The number of nitro benzene ring substituents is 1. The molecule has 0 atom stereocenters. The SMILES string of the molecule is CCOC(=O)COc1cc(F)ccc1C(=O)NSCc1cccc([N+](=O)[O-])c1. The summed E-state index contributed by atoms with van der Waals surface area (Å²) < 4.78 is 26.0. The molecule has 8 nitrogen and oxygen atoms in total. The van der Waals surface area contributed by atoms with Crippen LogP contribution < -0.4 is 9.46 Å². The highest BCUT2D eigenvalue weighted by Gasteiger charge is 2.16. The Morgan fingerprint density at radius 3 is 2.75 bits per heavy atom. The Kier molecular flexibility index (Phi) is 7.76. The molecule has 0 aliphatic heterocycles. The summed E-state index contributed by atoms with van der Waals surface area (Å²) in [6, 6.07) is 9.36. The Balaban J connectivity index is 1.98. The zero-order chi connectivity index (χ0) is 20.5. The van der Waals surface area contributed by atoms with Crippen molar-refractivity contribution in [2.24, 2.45) is 0 Å². The fourth-order valence-corrected chi connectivity index (χ4v) is 2.80. The lowest BCUT2D eigenvalue weighted by atomic mass is 10.2. The van der Waals surface area contributed by atoms with Gasteiger partial charge in [-0.3, -0.25) is 19.6 Å². The fourth-order valence-electron chi connectivity index (χ4n) is 2.14. The molecule has 1 N–H and O–H groups in total. The highest BCUT2D eigenvalue weighted by atomic mass is 32.2. The number of esters is 1. The lowest BCUT2D eigenvalue weighted by Gasteiger charge is -2.11. The van der Waals surface area contributed by atoms with Gasteiger partial charge in [0, 0.05) is 24.0 Å². The summed E-state index contributed by atoms with van der Waals surface area (Å²) in [4.78, 5) is 34.0. The number of carbonyl (C=O) groups excluding carboxylic acids is 2. The van der Waals surface area contributed by atoms with Crippen molar-refractivity contribution in [1.82, 2.24) is 4.72 Å². The topological polar surface area (TPSA) is 108 Å². The molecule has 10 heteroatoms. The molecule has 0 saturated heterocycles. The van der Waals surface area contributed by atoms with Crippen LogP contribution in [0.25, 0.3) is 0 Å². The maximum absolute atomic E-state index is 13.5. The number of benzene rings is 2. The van der Waals surface area contributed by atoms with Crippen LogP contribution in [0.3, 0.4) is 0 Å². The average Bonchev–Trinajstić information content (AvgIpc) is 2.66. The van der Waals surface area contributed by atoms with Gasteiger partial charge in [0.05, 0.1) is 17.1 Å². The molecule has 2 aromatic rings. The molecule has 148 valence electrons. The van der Waals surface area contributed by atoms with Crippen LogP contribution in [0.2, 0.25) is 0 Å². The third kappa shape index (κ3) is 6.23. The van der Waals surface area contributed by atoms with E-state index in [1.165, 1.54) is 18.2 Å². The molecule has 0 radical (unpaired) electrons. The Hall–Kier alpha value is -3.14. The van der Waals surface area contributed by atoms with Gasteiger partial charge in [-0.15, -0.1) is 0 Å². The minimum atomic E-state index is -0.641. The summed E-state index contributed by atoms with van der Waals surface area (Å²) in [5, 5.41) is 10.8. The summed E-state index contributed by atoms with van der Waals surface area (Å²) in [7, 11) is 0. The number of amides is 1. The first kappa shape index (κ1) is 21.2. The molecule has 0 saturated carbocycles. The summed E-state index contributed by atoms with van der Waals surface area (Å²) in [5.74, 6) is -1.64. The Bertz CT molecular complexity index is 877. The number of nitrogens with zero attached hydrogens (tertiary/aromatic N) is 1. The maximum Gasteiger partial charge on any atom is 0.344 e. The molecule has 0 aliphatic carbocycles. The molecule has 0 fully saturated rings. The van der Waals surface area contributed by atoms with E-state index in [-0.39, 0.29) is 29.4 Å². The van der Waals surface area contributed by atoms with Gasteiger partial charge in [-0.25, -0.2) is 9.18 Å². The second-order valence-corrected chi connectivity index (χ2v) is 6.16. The first-order valence-electron chi connectivity index (χ1n) is 8.14. The first-order chi connectivity index (χ1) is 13.4. The summed E-state index contributed by atoms with van der Waals surface area (Å²) >= 11 is 1.01. The number of hydrogen-bond acceptors (Lipinski definition) is 7. The molecule has 2 aromatic carbocycles. The Morgan fingerprint density at radius 1 is 1.25 bits per heavy atom. The number of nitrogens with one attached hydrogen (secondary N) is 1. The molecule has 0 spiro atoms. The molecule has 0 bridgehead atoms. The van der Waals surface area contributed by atoms with Crippen LogP contribution in [-0.2, 0) is 15.3 Å². The van der Waals surface area contributed by atoms with Crippen molar-refractivity contribution < 1.29 is 28.4 Å². The normalized spacial score (nSPS) is 10.2. The molecule has 2 rings (SSSR count). The van der Waals surface area contributed by atoms with E-state index >= 15 is 0 Å². The summed E-state index contributed by atoms with van der Waals surface area (Å²) in [6.07, 6.45) is 0. The number of halogens is 1. The van der Waals surface area contributed by atoms with Crippen molar-refractivity contribution >= 4 is 29.5 Å². The van der Waals surface area contributed by atoms with Crippen molar-refractivity contribution in [2.45, 2.75) is 12.7 Å². The first-order valence-corrected chi connectivity index (χ1v) is 9.12. The molecular formula is C18H17FN2O6S. The Labute approximate surface area is 164 Å². The molecule has 0 heterocycles. The van der Waals surface area contributed by atoms with Gasteiger partial charge in [0.1, 0.15) is 11.6 Å². The molecule has 1 amide bonds. The zero-order valence-electron chi connectivity index (χ0n) is 14.8. The predicted molar refractivity (Wildman–Crippen MR) is 100 cm³/mol. The van der Waals surface area contributed by atoms with E-state index in [1.807, 2.05) is 0 Å². The second kappa shape index (κ2) is 10.3. The van der Waals surface area contributed by atoms with Crippen LogP contribution in [0.4, 0.5) is 10.1 Å². The van der Waals surface area contributed by atoms with E-state index in [0.29, 0.717) is 5.56 Å². The molecule has 0 aromatic heterocycles. The van der Waals surface area contributed by atoms with Crippen LogP contribution in [0.1, 0.15) is 22.8 Å². The van der Waals surface area contributed by atoms with Crippen molar-refractivity contribution in [1.29, 1.82) is 0 Å². The average molecular weight is 408 g/mol. The number of ether oxygens (including phenoxy) is 2. The Morgan fingerprint density at radius 2 is 2.04 bits per heavy atom. The third-order valence-corrected chi connectivity index (χ3v) is 4.17. The molecular weight excluding hydrogens is 391 g/mol. The highest BCUT2D eigenvalue weighted by molar-refractivity contribution is 7.97. The summed E-state index contributed by atoms with van der Waals surface area (Å²) in [6.45, 7) is 1.35. The highest BCUT2D eigenvalue weighted by Crippen LogP contribution is 2.22. The van der Waals surface area contributed by atoms with Crippen LogP contribution in [0.5, 0.6) is 5.75 Å². The van der Waals surface area contributed by atoms with Gasteiger partial charge in [0.2, 0.25) is 0 Å². The lowest BCUT2D eigenvalue weighted by Crippen LogP contribution is -2.20. The standard InChI is InChI=1S/C18H17FN2O6S/c1-2-26-17(22)10-27-16-9-13(19)6-7-15(16)18(23)20-28-11-12-4-3-5-14(8-12)21(24)25/h3-9H,2,10-11H2,1H3,(H,20,23). The quantitative estimate of drug-likeness (QED) is 0.294. The number of nitro groups is 1. The molecule has 28 heavy (non-hydrogen) atoms. The van der Waals surface area contributed by atoms with Crippen LogP contribution >= 0.6 is 11.9 Å². The minimum Gasteiger partial charge on any atom is -0.481 e. The van der Waals surface area contributed by atoms with E-state index in [4.69, 9.17) is 9.47 Å². The number of non-ortho nitro benzene ring substituents is 1. The van der Waals surface area contributed by atoms with Crippen molar-refractivity contribution in [3.05, 3.63) is 69.5 Å². The molecule has 0 aliphatic rings. The monoisotopic (exact) mass is 408 g/mol. The van der Waals surface area contributed by atoms with Crippen molar-refractivity contribution in [3.63, 3.8) is 0 Å². The maximum atomic E-state index is 13.5. The zero-order valence-corrected chi connectivity index (χ0v) is 15.7. The van der Waals surface area contributed by atoms with E-state index in [1.54, 1.807) is 19.1 Å². The van der Waals surface area contributed by atoms with Gasteiger partial charge >= 0.3 is 5.97 Å². The number of rotatable bonds is 9. The van der Waals surface area contributed by atoms with Gasteiger partial charge < -0.3 is 9.47 Å². The van der Waals surface area contributed by atoms with Crippen molar-refractivity contribution in [2.75, 3.05) is 13.2 Å². The van der Waals surface area contributed by atoms with Gasteiger partial charge in [0.15, 0.2) is 6.61 Å². The van der Waals surface area contributed by atoms with Gasteiger partial charge in [0.25, 0.3) is 11.6 Å².